The number of hydrogen-bond acceptors (Lipinski definition) is 10. The molecule has 4 aliphatic rings. The van der Waals surface area contributed by atoms with Gasteiger partial charge in [-0.2, -0.15) is 0 Å². The highest BCUT2D eigenvalue weighted by Crippen LogP contribution is 2.37. The van der Waals surface area contributed by atoms with Crippen LogP contribution in [-0.4, -0.2) is 198 Å². The maximum atomic E-state index is 13.1. The number of nitrogens with one attached hydrogen (secondary N) is 1. The minimum Gasteiger partial charge on any atom is -1.00 e. The standard InChI is InChI=1S/C25H24NO.C22H24N2O2.C22H30NO4Si.C22H24NO3.4ClH/c1-4-18-11-13-19(14-12-18)16-26(2,3)17-22-15-21-9-5-7-20-8-6-10-23(24(20)21)25(22)27;1-15(2)22(26)23-11-12-24(3,4)14-18-13-17-9-5-7-16-8-6-10-19(20(16)17)21(18)25;1-23(2,13-8-14-28(25-3,26-4)27-5)16-19-15-18-11-6-9-17-10-7-12-20(21(17)18)22(19)24;1-15(2)22(25)26-12-11-23(3,4)14-18-13-17-9-5-7-16-8-6-10-19(20(16)17)21(18)24;;;;/h4-15H,1,16-17H2,2-3H3;5-10,13H,1,11-12,14H2,2-4H3;6-7,9-12,15H,8,13-14,16H2,1-5H3;5-10,13H,1,11-12,14H2,2-4H3;4*1H/q+1;;2*+1;;;;/p-3. The summed E-state index contributed by atoms with van der Waals surface area (Å²) < 4.78 is 24.4. The minimum absolute atomic E-state index is 0. The summed E-state index contributed by atoms with van der Waals surface area (Å²) in [5, 5.41) is 11.5. The summed E-state index contributed by atoms with van der Waals surface area (Å²) in [6, 6.07) is 57.6. The Morgan fingerprint density at radius 2 is 0.730 bits per heavy atom. The van der Waals surface area contributed by atoms with Crippen molar-refractivity contribution in [2.75, 3.05) is 137 Å². The molecule has 4 aliphatic carbocycles. The van der Waals surface area contributed by atoms with Crippen molar-refractivity contribution in [2.45, 2.75) is 32.9 Å². The summed E-state index contributed by atoms with van der Waals surface area (Å²) in [5.41, 5.74) is 14.3. The highest BCUT2D eigenvalue weighted by atomic mass is 35.5. The van der Waals surface area contributed by atoms with Crippen LogP contribution in [0.1, 0.15) is 95.1 Å². The van der Waals surface area contributed by atoms with Crippen LogP contribution in [0.25, 0.3) is 73.5 Å². The van der Waals surface area contributed by atoms with E-state index in [1.165, 1.54) is 5.56 Å². The van der Waals surface area contributed by atoms with E-state index in [9.17, 15) is 28.8 Å². The Bertz CT molecular complexity index is 4970. The first-order chi connectivity index (χ1) is 50.9. The van der Waals surface area contributed by atoms with E-state index in [2.05, 4.69) is 158 Å². The minimum atomic E-state index is -2.55. The molecule has 0 spiro atoms. The molecule has 0 fully saturated rings. The Kier molecular flexibility index (Phi) is 31.8. The molecule has 1 amide bonds. The summed E-state index contributed by atoms with van der Waals surface area (Å²) >= 11 is 0. The quantitative estimate of drug-likeness (QED) is 0.0366. The summed E-state index contributed by atoms with van der Waals surface area (Å²) in [5.74, 6) is -0.0135. The van der Waals surface area contributed by atoms with Crippen LogP contribution < -0.4 is 54.9 Å². The van der Waals surface area contributed by atoms with Gasteiger partial charge in [-0.15, -0.1) is 0 Å². The maximum Gasteiger partial charge on any atom is 0.500 e. The first-order valence-corrected chi connectivity index (χ1v) is 38.3. The molecule has 13 rings (SSSR count). The van der Waals surface area contributed by atoms with Gasteiger partial charge in [0.15, 0.2) is 23.1 Å². The molecule has 0 radical (unpaired) electrons. The Labute approximate surface area is 680 Å². The third-order valence-corrected chi connectivity index (χ3v) is 23.1. The molecule has 0 aliphatic heterocycles. The number of amides is 1. The second-order valence-corrected chi connectivity index (χ2v) is 34.1. The molecule has 0 heterocycles. The fourth-order valence-corrected chi connectivity index (χ4v) is 16.4. The number of rotatable bonds is 26. The van der Waals surface area contributed by atoms with Crippen LogP contribution in [0.4, 0.5) is 0 Å². The fourth-order valence-electron chi connectivity index (χ4n) is 14.7. The third-order valence-electron chi connectivity index (χ3n) is 20.3. The van der Waals surface area contributed by atoms with Gasteiger partial charge < -0.3 is 90.9 Å². The summed E-state index contributed by atoms with van der Waals surface area (Å²) in [6.45, 7) is 20.9. The highest BCUT2D eigenvalue weighted by molar-refractivity contribution is 6.60. The number of ketones is 4. The van der Waals surface area contributed by atoms with Gasteiger partial charge >= 0.3 is 14.8 Å². The lowest BCUT2D eigenvalue weighted by Gasteiger charge is -2.32. The van der Waals surface area contributed by atoms with Crippen LogP contribution in [0.2, 0.25) is 6.04 Å². The molecule has 1 N–H and O–H groups in total. The summed E-state index contributed by atoms with van der Waals surface area (Å²) in [4.78, 5) is 75.4. The topological polar surface area (TPSA) is 151 Å². The molecule has 584 valence electrons. The molecule has 0 atom stereocenters. The summed E-state index contributed by atoms with van der Waals surface area (Å²) in [7, 11) is 19.2. The lowest BCUT2D eigenvalue weighted by Crippen LogP contribution is -3.00. The van der Waals surface area contributed by atoms with Gasteiger partial charge in [-0.3, -0.25) is 24.0 Å². The molecule has 9 aromatic carbocycles. The van der Waals surface area contributed by atoms with Gasteiger partial charge in [0.25, 0.3) is 0 Å². The van der Waals surface area contributed by atoms with Crippen molar-refractivity contribution in [1.82, 2.24) is 5.32 Å². The molecule has 0 saturated heterocycles. The van der Waals surface area contributed by atoms with E-state index in [-0.39, 0.29) is 84.6 Å². The predicted octanol–water partition coefficient (Wildman–Crippen LogP) is 3.92. The van der Waals surface area contributed by atoms with Crippen molar-refractivity contribution in [2.24, 2.45) is 0 Å². The number of ether oxygens (including phenoxy) is 1. The highest BCUT2D eigenvalue weighted by Gasteiger charge is 2.39. The fraction of sp³-hybridized carbons (Fsp3) is 0.275. The lowest BCUT2D eigenvalue weighted by molar-refractivity contribution is -0.898. The van der Waals surface area contributed by atoms with Crippen LogP contribution >= 0.6 is 0 Å². The van der Waals surface area contributed by atoms with E-state index in [1.54, 1.807) is 35.2 Å². The van der Waals surface area contributed by atoms with E-state index in [0.29, 0.717) is 66.0 Å². The molecular weight excluding hydrogens is 1490 g/mol. The number of quaternary nitrogens is 4. The number of carbonyl (C=O) groups is 6. The van der Waals surface area contributed by atoms with E-state index in [4.69, 9.17) is 18.0 Å². The number of carbonyl (C=O) groups excluding carboxylic acids is 6. The van der Waals surface area contributed by atoms with E-state index < -0.39 is 8.80 Å². The Hall–Kier alpha value is -9.08. The lowest BCUT2D eigenvalue weighted by atomic mass is 9.87. The first-order valence-electron chi connectivity index (χ1n) is 36.4. The van der Waals surface area contributed by atoms with Gasteiger partial charge in [0.1, 0.15) is 45.9 Å². The normalized spacial score (nSPS) is 13.3. The number of hydrogen-bond donors (Lipinski definition) is 1. The second-order valence-electron chi connectivity index (χ2n) is 31.0. The number of halogens is 4. The Morgan fingerprint density at radius 1 is 0.414 bits per heavy atom. The van der Waals surface area contributed by atoms with Gasteiger partial charge in [0.2, 0.25) is 5.91 Å². The second kappa shape index (κ2) is 38.9. The van der Waals surface area contributed by atoms with E-state index >= 15 is 0 Å². The zero-order chi connectivity index (χ0) is 77.2. The van der Waals surface area contributed by atoms with Crippen molar-refractivity contribution < 1.29 is 114 Å². The molecule has 0 saturated carbocycles. The van der Waals surface area contributed by atoms with E-state index in [1.807, 2.05) is 123 Å². The average molecular weight is 1600 g/mol. The maximum absolute atomic E-state index is 13.1. The van der Waals surface area contributed by atoms with Crippen LogP contribution in [-0.2, 0) is 34.1 Å². The van der Waals surface area contributed by atoms with Crippen molar-refractivity contribution >= 4 is 117 Å². The molecule has 0 unspecified atom stereocenters. The van der Waals surface area contributed by atoms with Gasteiger partial charge in [-0.05, 0) is 87.5 Å². The molecule has 15 nitrogen and oxygen atoms in total. The first kappa shape index (κ1) is 90.8. The van der Waals surface area contributed by atoms with Gasteiger partial charge in [0, 0.05) is 94.3 Å². The van der Waals surface area contributed by atoms with E-state index in [0.717, 1.165) is 157 Å². The Balaban J connectivity index is 0.000000228. The number of benzene rings is 9. The van der Waals surface area contributed by atoms with Gasteiger partial charge in [0.05, 0.1) is 98.3 Å². The van der Waals surface area contributed by atoms with Crippen LogP contribution in [0.3, 0.4) is 0 Å². The smallest absolute Gasteiger partial charge is 0.500 e. The largest absolute Gasteiger partial charge is 1.00 e. The van der Waals surface area contributed by atoms with Gasteiger partial charge in [-0.25, -0.2) is 4.79 Å². The van der Waals surface area contributed by atoms with Crippen molar-refractivity contribution in [1.29, 1.82) is 0 Å². The van der Waals surface area contributed by atoms with Crippen LogP contribution in [0, 0.1) is 0 Å². The zero-order valence-corrected chi connectivity index (χ0v) is 70.1. The number of Topliss-reactive ketones (excluding diaryl/α,β-unsaturated/α-hetero) is 4. The van der Waals surface area contributed by atoms with Crippen LogP contribution in [0.15, 0.2) is 223 Å². The van der Waals surface area contributed by atoms with Crippen molar-refractivity contribution in [3.8, 4) is 0 Å². The van der Waals surface area contributed by atoms with Crippen molar-refractivity contribution in [3.05, 3.63) is 279 Å². The SMILES string of the molecule is C=C(C)C(=O)NCC[N+](C)(C)CC1=Cc2cccc3cccc(c23)C1=O.C=C(C)C(=O)OCC[N+](C)(C)CC1=Cc2cccc3cccc(c23)C1=O.C=Cc1ccc(C[N+](C)(C)CC2=Cc3cccc4cccc(c34)C2=O)cc1.CO[Si](CCC[N+](C)(C)CC1=Cc2cccc3cccc(c23)C1=O)(OC)OC.[Cl-].[Cl-].[Cl-].[Cl-]. The molecule has 20 heteroatoms. The zero-order valence-electron chi connectivity index (χ0n) is 66.0. The Morgan fingerprint density at radius 3 is 1.05 bits per heavy atom. The summed E-state index contributed by atoms with van der Waals surface area (Å²) in [6.07, 6.45) is 10.9. The third kappa shape index (κ3) is 22.2. The average Bonchev–Trinajstić information content (AvgIpc) is 0.780. The van der Waals surface area contributed by atoms with Crippen LogP contribution in [0.5, 0.6) is 0 Å². The number of nitrogens with zero attached hydrogens (tertiary/aromatic N) is 4. The molecular formula is C91H103Cl4N5O10Si. The molecule has 9 aromatic rings. The molecule has 0 aromatic heterocycles. The monoisotopic (exact) mass is 1590 g/mol. The molecule has 111 heavy (non-hydrogen) atoms. The van der Waals surface area contributed by atoms with Crippen molar-refractivity contribution in [3.63, 3.8) is 0 Å². The number of likely N-dealkylation sites (N-methyl/N-ethyl adjacent to an activating group) is 4. The van der Waals surface area contributed by atoms with Gasteiger partial charge in [-0.1, -0.05) is 196 Å². The predicted molar refractivity (Wildman–Crippen MR) is 438 cm³/mol. The molecule has 0 bridgehead atoms. The number of esters is 1.